The van der Waals surface area contributed by atoms with Gasteiger partial charge in [0.15, 0.2) is 0 Å². The van der Waals surface area contributed by atoms with Crippen LogP contribution in [0.15, 0.2) is 47.3 Å². The summed E-state index contributed by atoms with van der Waals surface area (Å²) < 4.78 is 0. The van der Waals surface area contributed by atoms with Gasteiger partial charge in [-0.25, -0.2) is 14.4 Å². The SMILES string of the molecule is Nc1[nH]c(=O)c(C(=O)O)c(-c2ccccc2-c2ccc(C(=O)O)c(Cl)c2)c1C(=O)O. The van der Waals surface area contributed by atoms with E-state index in [4.69, 9.17) is 22.4 Å². The Morgan fingerprint density at radius 2 is 1.47 bits per heavy atom. The van der Waals surface area contributed by atoms with E-state index in [2.05, 4.69) is 0 Å². The molecule has 1 aromatic heterocycles. The van der Waals surface area contributed by atoms with Crippen LogP contribution in [-0.2, 0) is 0 Å². The Labute approximate surface area is 173 Å². The number of carboxylic acid groups (broad SMARTS) is 3. The highest BCUT2D eigenvalue weighted by atomic mass is 35.5. The second-order valence-corrected chi connectivity index (χ2v) is 6.56. The largest absolute Gasteiger partial charge is 0.478 e. The maximum atomic E-state index is 12.3. The Balaban J connectivity index is 2.42. The van der Waals surface area contributed by atoms with Gasteiger partial charge in [-0.05, 0) is 28.8 Å². The van der Waals surface area contributed by atoms with Gasteiger partial charge in [-0.3, -0.25) is 4.79 Å². The fourth-order valence-corrected chi connectivity index (χ4v) is 3.39. The summed E-state index contributed by atoms with van der Waals surface area (Å²) in [5, 5.41) is 28.3. The number of aromatic nitrogens is 1. The number of benzene rings is 2. The first-order valence-electron chi connectivity index (χ1n) is 8.28. The molecular weight excluding hydrogens is 416 g/mol. The number of rotatable bonds is 5. The Bertz CT molecular complexity index is 1280. The fourth-order valence-electron chi connectivity index (χ4n) is 3.12. The average Bonchev–Trinajstić information content (AvgIpc) is 2.66. The topological polar surface area (TPSA) is 171 Å². The van der Waals surface area contributed by atoms with Crippen LogP contribution in [0.25, 0.3) is 22.3 Å². The smallest absolute Gasteiger partial charge is 0.342 e. The van der Waals surface area contributed by atoms with Crippen molar-refractivity contribution in [3.63, 3.8) is 0 Å². The number of nitrogen functional groups attached to an aromatic ring is 1. The predicted octanol–water partition coefficient (Wildman–Crippen LogP) is 3.04. The summed E-state index contributed by atoms with van der Waals surface area (Å²) in [7, 11) is 0. The standard InChI is InChI=1S/C20H13ClN2O7/c21-12-7-8(5-6-11(12)18(25)26)9-3-1-2-4-10(9)13-14(19(27)28)16(22)23-17(24)15(13)20(29)30/h1-7H,(H,25,26)(H,27,28)(H,29,30)(H3,22,23,24). The lowest BCUT2D eigenvalue weighted by molar-refractivity contribution is 0.0682. The van der Waals surface area contributed by atoms with Gasteiger partial charge in [0.05, 0.1) is 10.6 Å². The molecule has 0 aliphatic carbocycles. The molecule has 0 amide bonds. The van der Waals surface area contributed by atoms with Gasteiger partial charge in [-0.2, -0.15) is 0 Å². The van der Waals surface area contributed by atoms with Crippen molar-refractivity contribution in [2.24, 2.45) is 0 Å². The first-order valence-corrected chi connectivity index (χ1v) is 8.66. The number of pyridine rings is 1. The number of H-pyrrole nitrogens is 1. The highest BCUT2D eigenvalue weighted by Gasteiger charge is 2.28. The number of hydrogen-bond acceptors (Lipinski definition) is 5. The highest BCUT2D eigenvalue weighted by molar-refractivity contribution is 6.33. The van der Waals surface area contributed by atoms with Crippen molar-refractivity contribution in [1.82, 2.24) is 4.98 Å². The third-order valence-electron chi connectivity index (χ3n) is 4.38. The molecule has 3 aromatic rings. The minimum absolute atomic E-state index is 0.0721. The molecule has 0 spiro atoms. The Morgan fingerprint density at radius 3 is 2.00 bits per heavy atom. The maximum absolute atomic E-state index is 12.3. The molecular formula is C20H13ClN2O7. The lowest BCUT2D eigenvalue weighted by Crippen LogP contribution is -2.24. The van der Waals surface area contributed by atoms with Gasteiger partial charge in [-0.15, -0.1) is 0 Å². The van der Waals surface area contributed by atoms with Crippen LogP contribution in [0.5, 0.6) is 0 Å². The van der Waals surface area contributed by atoms with E-state index in [-0.39, 0.29) is 21.7 Å². The number of halogens is 1. The third kappa shape index (κ3) is 3.49. The zero-order chi connectivity index (χ0) is 22.2. The Hall–Kier alpha value is -4.11. The maximum Gasteiger partial charge on any atom is 0.342 e. The molecule has 0 unspecified atom stereocenters. The summed E-state index contributed by atoms with van der Waals surface area (Å²) in [6.45, 7) is 0. The number of nitrogens with two attached hydrogens (primary N) is 1. The molecule has 0 saturated carbocycles. The van der Waals surface area contributed by atoms with E-state index in [0.29, 0.717) is 11.1 Å². The first kappa shape index (κ1) is 20.6. The zero-order valence-electron chi connectivity index (χ0n) is 15.0. The van der Waals surface area contributed by atoms with Crippen LogP contribution in [0.2, 0.25) is 5.02 Å². The third-order valence-corrected chi connectivity index (χ3v) is 4.69. The highest BCUT2D eigenvalue weighted by Crippen LogP contribution is 2.37. The van der Waals surface area contributed by atoms with Crippen LogP contribution >= 0.6 is 11.6 Å². The van der Waals surface area contributed by atoms with Gasteiger partial charge >= 0.3 is 17.9 Å². The molecule has 10 heteroatoms. The van der Waals surface area contributed by atoms with Gasteiger partial charge < -0.3 is 26.0 Å². The van der Waals surface area contributed by atoms with Crippen LogP contribution < -0.4 is 11.3 Å². The monoisotopic (exact) mass is 428 g/mol. The second kappa shape index (κ2) is 7.72. The Kier molecular flexibility index (Phi) is 5.31. The molecule has 30 heavy (non-hydrogen) atoms. The zero-order valence-corrected chi connectivity index (χ0v) is 15.7. The number of nitrogens with one attached hydrogen (secondary N) is 1. The molecule has 2 aromatic carbocycles. The second-order valence-electron chi connectivity index (χ2n) is 6.15. The molecule has 3 rings (SSSR count). The van der Waals surface area contributed by atoms with E-state index in [1.807, 2.05) is 4.98 Å². The van der Waals surface area contributed by atoms with Gasteiger partial charge in [0.1, 0.15) is 16.9 Å². The van der Waals surface area contributed by atoms with E-state index in [1.165, 1.54) is 30.3 Å². The van der Waals surface area contributed by atoms with Crippen molar-refractivity contribution >= 4 is 35.3 Å². The average molecular weight is 429 g/mol. The fraction of sp³-hybridized carbons (Fsp3) is 0. The van der Waals surface area contributed by atoms with Gasteiger partial charge in [0.25, 0.3) is 5.56 Å². The van der Waals surface area contributed by atoms with Gasteiger partial charge in [0.2, 0.25) is 0 Å². The molecule has 152 valence electrons. The number of carbonyl (C=O) groups is 3. The van der Waals surface area contributed by atoms with Gasteiger partial charge in [0, 0.05) is 5.56 Å². The molecule has 0 aliphatic rings. The molecule has 1 heterocycles. The lowest BCUT2D eigenvalue weighted by atomic mass is 9.89. The molecule has 0 bridgehead atoms. The van der Waals surface area contributed by atoms with Crippen LogP contribution in [0, 0.1) is 0 Å². The van der Waals surface area contributed by atoms with Crippen molar-refractivity contribution in [2.45, 2.75) is 0 Å². The predicted molar refractivity (Wildman–Crippen MR) is 108 cm³/mol. The van der Waals surface area contributed by atoms with Crippen LogP contribution in [0.3, 0.4) is 0 Å². The van der Waals surface area contributed by atoms with Crippen molar-refractivity contribution in [2.75, 3.05) is 5.73 Å². The number of aromatic carboxylic acids is 3. The minimum atomic E-state index is -1.64. The van der Waals surface area contributed by atoms with Crippen LogP contribution in [-0.4, -0.2) is 38.2 Å². The number of anilines is 1. The summed E-state index contributed by atoms with van der Waals surface area (Å²) in [5.74, 6) is -4.90. The number of aromatic amines is 1. The van der Waals surface area contributed by atoms with Crippen molar-refractivity contribution in [3.05, 3.63) is 74.5 Å². The van der Waals surface area contributed by atoms with Gasteiger partial charge in [-0.1, -0.05) is 41.9 Å². The molecule has 6 N–H and O–H groups in total. The molecule has 0 aliphatic heterocycles. The molecule has 0 atom stereocenters. The van der Waals surface area contributed by atoms with E-state index in [1.54, 1.807) is 12.1 Å². The number of carboxylic acids is 3. The summed E-state index contributed by atoms with van der Waals surface area (Å²) in [6.07, 6.45) is 0. The molecule has 0 fully saturated rings. The minimum Gasteiger partial charge on any atom is -0.478 e. The normalized spacial score (nSPS) is 10.6. The lowest BCUT2D eigenvalue weighted by Gasteiger charge is -2.16. The van der Waals surface area contributed by atoms with E-state index in [9.17, 15) is 29.4 Å². The van der Waals surface area contributed by atoms with Crippen molar-refractivity contribution < 1.29 is 29.7 Å². The molecule has 0 radical (unpaired) electrons. The quantitative estimate of drug-likeness (QED) is 0.412. The van der Waals surface area contributed by atoms with Crippen LogP contribution in [0.1, 0.15) is 31.1 Å². The van der Waals surface area contributed by atoms with Crippen molar-refractivity contribution in [3.8, 4) is 22.3 Å². The first-order chi connectivity index (χ1) is 14.1. The van der Waals surface area contributed by atoms with Crippen molar-refractivity contribution in [1.29, 1.82) is 0 Å². The summed E-state index contributed by atoms with van der Waals surface area (Å²) in [4.78, 5) is 49.1. The van der Waals surface area contributed by atoms with Crippen LogP contribution in [0.4, 0.5) is 5.82 Å². The summed E-state index contributed by atoms with van der Waals surface area (Å²) in [5.41, 5.74) is 3.55. The van der Waals surface area contributed by atoms with E-state index in [0.717, 1.165) is 0 Å². The molecule has 0 saturated heterocycles. The van der Waals surface area contributed by atoms with E-state index < -0.39 is 40.4 Å². The summed E-state index contributed by atoms with van der Waals surface area (Å²) >= 11 is 6.04. The Morgan fingerprint density at radius 1 is 0.867 bits per heavy atom. The summed E-state index contributed by atoms with van der Waals surface area (Å²) in [6, 6.07) is 10.2. The molecule has 9 nitrogen and oxygen atoms in total. The van der Waals surface area contributed by atoms with E-state index >= 15 is 0 Å². The number of hydrogen-bond donors (Lipinski definition) is 5.